The van der Waals surface area contributed by atoms with E-state index in [1.807, 2.05) is 0 Å². The van der Waals surface area contributed by atoms with E-state index in [9.17, 15) is 13.2 Å². The van der Waals surface area contributed by atoms with Crippen molar-refractivity contribution in [2.75, 3.05) is 0 Å². The molecule has 0 fully saturated rings. The topological polar surface area (TPSA) is 0 Å². The summed E-state index contributed by atoms with van der Waals surface area (Å²) in [5.74, 6) is -3.36. The van der Waals surface area contributed by atoms with Crippen molar-refractivity contribution >= 4 is 27.5 Å². The molecule has 0 saturated heterocycles. The molecule has 0 radical (unpaired) electrons. The third-order valence-electron chi connectivity index (χ3n) is 1.43. The fourth-order valence-electron chi connectivity index (χ4n) is 0.715. The van der Waals surface area contributed by atoms with Crippen molar-refractivity contribution in [1.82, 2.24) is 0 Å². The zero-order chi connectivity index (χ0) is 9.46. The minimum atomic E-state index is -1.25. The molecule has 0 bridgehead atoms. The summed E-state index contributed by atoms with van der Waals surface area (Å²) >= 11 is 7.96. The van der Waals surface area contributed by atoms with Crippen molar-refractivity contribution in [2.24, 2.45) is 0 Å². The van der Waals surface area contributed by atoms with Gasteiger partial charge in [0.25, 0.3) is 0 Å². The van der Waals surface area contributed by atoms with Crippen molar-refractivity contribution < 1.29 is 13.2 Å². The summed E-state index contributed by atoms with van der Waals surface area (Å²) in [5.41, 5.74) is -0.385. The van der Waals surface area contributed by atoms with Crippen LogP contribution in [-0.4, -0.2) is 0 Å². The molecule has 0 aliphatic rings. The van der Waals surface area contributed by atoms with Gasteiger partial charge in [0.2, 0.25) is 0 Å². The maximum atomic E-state index is 12.9. The van der Waals surface area contributed by atoms with Gasteiger partial charge in [0, 0.05) is 5.56 Å². The minimum Gasteiger partial charge on any atom is -0.205 e. The Hall–Kier alpha value is -0.220. The van der Waals surface area contributed by atoms with Crippen LogP contribution < -0.4 is 0 Å². The summed E-state index contributed by atoms with van der Waals surface area (Å²) in [6.45, 7) is 1.13. The summed E-state index contributed by atoms with van der Waals surface area (Å²) in [6.07, 6.45) is 0. The number of hydrogen-bond acceptors (Lipinski definition) is 0. The quantitative estimate of drug-likeness (QED) is 0.491. The highest BCUT2D eigenvalue weighted by atomic mass is 79.9. The van der Waals surface area contributed by atoms with Crippen molar-refractivity contribution in [1.29, 1.82) is 0 Å². The Morgan fingerprint density at radius 3 is 2.08 bits per heavy atom. The molecule has 1 aromatic carbocycles. The van der Waals surface area contributed by atoms with E-state index >= 15 is 0 Å². The molecular weight excluding hydrogens is 256 g/mol. The predicted octanol–water partition coefficient (Wildman–Crippen LogP) is 3.83. The van der Waals surface area contributed by atoms with Crippen LogP contribution in [0.5, 0.6) is 0 Å². The first-order chi connectivity index (χ1) is 5.46. The van der Waals surface area contributed by atoms with Crippen molar-refractivity contribution in [3.8, 4) is 0 Å². The first-order valence-corrected chi connectivity index (χ1v) is 4.12. The van der Waals surface area contributed by atoms with E-state index in [2.05, 4.69) is 15.9 Å². The Morgan fingerprint density at radius 1 is 1.08 bits per heavy atom. The molecule has 0 nitrogen and oxygen atoms in total. The lowest BCUT2D eigenvalue weighted by Gasteiger charge is -2.04. The van der Waals surface area contributed by atoms with Crippen molar-refractivity contribution in [2.45, 2.75) is 6.92 Å². The Morgan fingerprint density at radius 2 is 1.58 bits per heavy atom. The van der Waals surface area contributed by atoms with Crippen LogP contribution in [0.3, 0.4) is 0 Å². The standard InChI is InChI=1S/C7H3BrClF3/c1-2-5(10)3(8)4(9)7(12)6(2)11/h1H3. The van der Waals surface area contributed by atoms with Crippen LogP contribution in [0.25, 0.3) is 0 Å². The van der Waals surface area contributed by atoms with Crippen LogP contribution >= 0.6 is 27.5 Å². The highest BCUT2D eigenvalue weighted by Gasteiger charge is 2.19. The van der Waals surface area contributed by atoms with E-state index in [1.54, 1.807) is 0 Å². The second-order valence-electron chi connectivity index (χ2n) is 2.19. The fraction of sp³-hybridized carbons (Fsp3) is 0.143. The number of rotatable bonds is 0. The predicted molar refractivity (Wildman–Crippen MR) is 43.8 cm³/mol. The Labute approximate surface area is 80.5 Å². The Kier molecular flexibility index (Phi) is 2.68. The first kappa shape index (κ1) is 9.86. The molecule has 5 heteroatoms. The lowest BCUT2D eigenvalue weighted by atomic mass is 10.2. The van der Waals surface area contributed by atoms with Gasteiger partial charge in [-0.1, -0.05) is 11.6 Å². The monoisotopic (exact) mass is 258 g/mol. The van der Waals surface area contributed by atoms with Crippen molar-refractivity contribution in [3.63, 3.8) is 0 Å². The maximum Gasteiger partial charge on any atom is 0.179 e. The molecule has 66 valence electrons. The summed E-state index contributed by atoms with van der Waals surface area (Å²) in [7, 11) is 0. The summed E-state index contributed by atoms with van der Waals surface area (Å²) in [5, 5.41) is -0.574. The van der Waals surface area contributed by atoms with Crippen LogP contribution in [0, 0.1) is 24.4 Å². The smallest absolute Gasteiger partial charge is 0.179 e. The number of benzene rings is 1. The highest BCUT2D eigenvalue weighted by Crippen LogP contribution is 2.32. The van der Waals surface area contributed by atoms with E-state index in [0.717, 1.165) is 6.92 Å². The molecule has 12 heavy (non-hydrogen) atoms. The molecule has 0 saturated carbocycles. The van der Waals surface area contributed by atoms with Crippen molar-refractivity contribution in [3.05, 3.63) is 32.5 Å². The normalized spacial score (nSPS) is 10.5. The summed E-state index contributed by atoms with van der Waals surface area (Å²) in [6, 6.07) is 0. The van der Waals surface area contributed by atoms with Gasteiger partial charge in [-0.15, -0.1) is 0 Å². The molecule has 0 aliphatic carbocycles. The third kappa shape index (κ3) is 1.33. The van der Waals surface area contributed by atoms with E-state index in [4.69, 9.17) is 11.6 Å². The Balaban J connectivity index is 3.60. The Bertz CT molecular complexity index is 233. The first-order valence-electron chi connectivity index (χ1n) is 2.94. The zero-order valence-corrected chi connectivity index (χ0v) is 8.23. The van der Waals surface area contributed by atoms with E-state index in [0.29, 0.717) is 0 Å². The lowest BCUT2D eigenvalue weighted by molar-refractivity contribution is 0.484. The van der Waals surface area contributed by atoms with Gasteiger partial charge in [0.05, 0.1) is 9.50 Å². The molecule has 0 heterocycles. The second kappa shape index (κ2) is 3.26. The van der Waals surface area contributed by atoms with Gasteiger partial charge >= 0.3 is 0 Å². The van der Waals surface area contributed by atoms with Gasteiger partial charge in [0.15, 0.2) is 11.6 Å². The molecular formula is C7H3BrClF3. The molecule has 1 rings (SSSR count). The molecule has 0 N–H and O–H groups in total. The molecule has 0 aromatic heterocycles. The van der Waals surface area contributed by atoms with Gasteiger partial charge in [-0.25, -0.2) is 13.2 Å². The van der Waals surface area contributed by atoms with E-state index in [1.165, 1.54) is 0 Å². The van der Waals surface area contributed by atoms with Crippen LogP contribution in [0.15, 0.2) is 4.47 Å². The van der Waals surface area contributed by atoms with Crippen LogP contribution in [0.2, 0.25) is 5.02 Å². The third-order valence-corrected chi connectivity index (χ3v) is 2.76. The second-order valence-corrected chi connectivity index (χ2v) is 3.37. The SMILES string of the molecule is Cc1c(F)c(F)c(Cl)c(Br)c1F. The molecule has 1 aromatic rings. The minimum absolute atomic E-state index is 0.249. The molecule has 0 amide bonds. The zero-order valence-electron chi connectivity index (χ0n) is 5.89. The van der Waals surface area contributed by atoms with Crippen LogP contribution in [0.1, 0.15) is 5.56 Å². The van der Waals surface area contributed by atoms with Gasteiger partial charge < -0.3 is 0 Å². The van der Waals surface area contributed by atoms with Gasteiger partial charge in [-0.05, 0) is 22.9 Å². The molecule has 0 aliphatic heterocycles. The van der Waals surface area contributed by atoms with Gasteiger partial charge in [0.1, 0.15) is 5.82 Å². The lowest BCUT2D eigenvalue weighted by Crippen LogP contribution is -1.96. The number of hydrogen-bond donors (Lipinski definition) is 0. The molecule has 0 unspecified atom stereocenters. The average Bonchev–Trinajstić information content (AvgIpc) is 2.08. The van der Waals surface area contributed by atoms with E-state index < -0.39 is 22.5 Å². The molecule has 0 spiro atoms. The van der Waals surface area contributed by atoms with Crippen LogP contribution in [-0.2, 0) is 0 Å². The van der Waals surface area contributed by atoms with E-state index in [-0.39, 0.29) is 10.0 Å². The fourth-order valence-corrected chi connectivity index (χ4v) is 1.35. The largest absolute Gasteiger partial charge is 0.205 e. The molecule has 0 atom stereocenters. The maximum absolute atomic E-state index is 12.9. The van der Waals surface area contributed by atoms with Gasteiger partial charge in [-0.2, -0.15) is 0 Å². The average molecular weight is 259 g/mol. The summed E-state index contributed by atoms with van der Waals surface area (Å²) in [4.78, 5) is 0. The summed E-state index contributed by atoms with van der Waals surface area (Å²) < 4.78 is 38.1. The highest BCUT2D eigenvalue weighted by molar-refractivity contribution is 9.10. The number of halogens is 5. The van der Waals surface area contributed by atoms with Crippen LogP contribution in [0.4, 0.5) is 13.2 Å². The van der Waals surface area contributed by atoms with Gasteiger partial charge in [-0.3, -0.25) is 0 Å².